The first-order valence-electron chi connectivity index (χ1n) is 18.8. The number of nitrogens with zero attached hydrogens (tertiary/aromatic N) is 4. The number of aliphatic imine (C=N–C) groups is 1. The fraction of sp³-hybridized carbons (Fsp3) is 0.250. The maximum absolute atomic E-state index is 7.06. The van der Waals surface area contributed by atoms with E-state index in [4.69, 9.17) is 14.7 Å². The summed E-state index contributed by atoms with van der Waals surface area (Å²) in [6.45, 7) is 17.9. The fourth-order valence-corrected chi connectivity index (χ4v) is 10.1. The van der Waals surface area contributed by atoms with Crippen LogP contribution in [0, 0.1) is 19.1 Å². The summed E-state index contributed by atoms with van der Waals surface area (Å²) in [5.41, 5.74) is 9.44. The Balaban J connectivity index is 0.00000397. The molecule has 7 heteroatoms. The normalized spacial score (nSPS) is 20.7. The van der Waals surface area contributed by atoms with Crippen LogP contribution in [0.4, 0.5) is 17.1 Å². The van der Waals surface area contributed by atoms with Gasteiger partial charge in [-0.25, -0.2) is 4.98 Å². The van der Waals surface area contributed by atoms with Gasteiger partial charge in [-0.3, -0.25) is 4.99 Å². The molecule has 0 N–H and O–H groups in total. The van der Waals surface area contributed by atoms with E-state index in [0.717, 1.165) is 55.3 Å². The molecule has 2 aliphatic heterocycles. The van der Waals surface area contributed by atoms with Gasteiger partial charge >= 0.3 is 21.1 Å². The topological polar surface area (TPSA) is 42.6 Å². The molecule has 0 amide bonds. The molecule has 4 heterocycles. The van der Waals surface area contributed by atoms with Gasteiger partial charge in [-0.05, 0) is 77.4 Å². The second-order valence-corrected chi connectivity index (χ2v) is 18.0. The molecule has 1 aliphatic carbocycles. The Morgan fingerprint density at radius 2 is 1.49 bits per heavy atom. The molecule has 0 saturated heterocycles. The molecule has 0 fully saturated rings. The molecule has 55 heavy (non-hydrogen) atoms. The first kappa shape index (κ1) is 36.0. The van der Waals surface area contributed by atoms with Crippen LogP contribution in [-0.2, 0) is 42.2 Å². The molecule has 5 nitrogen and oxygen atoms in total. The molecular weight excluding hydrogens is 876 g/mol. The average Bonchev–Trinajstić information content (AvgIpc) is 3.67. The van der Waals surface area contributed by atoms with Crippen molar-refractivity contribution in [3.63, 3.8) is 0 Å². The van der Waals surface area contributed by atoms with Crippen LogP contribution in [0.5, 0.6) is 0 Å². The number of aryl methyl sites for hydroxylation is 1. The number of ether oxygens (including phenoxy) is 1. The Kier molecular flexibility index (Phi) is 7.98. The van der Waals surface area contributed by atoms with E-state index in [1.807, 2.05) is 6.20 Å². The van der Waals surface area contributed by atoms with Crippen molar-refractivity contribution in [1.82, 2.24) is 9.55 Å². The SMILES string of the molecule is Cc1cc(C2=N[C@]3(C)c4ccccc4C(C)(C)[C@]3(C)O2)[c-]c(N2c3[c-]c4c(cc3Sc3ccccc32)c2ccccc2n4-c2cc(C(C)(C)C)ccn2)c1.[Pt+2]. The molecule has 2 atom stereocenters. The van der Waals surface area contributed by atoms with Gasteiger partial charge in [-0.1, -0.05) is 118 Å². The van der Waals surface area contributed by atoms with Crippen molar-refractivity contribution in [3.8, 4) is 5.82 Å². The van der Waals surface area contributed by atoms with E-state index >= 15 is 0 Å². The molecule has 0 radical (unpaired) electrons. The smallest absolute Gasteiger partial charge is 0.510 e. The van der Waals surface area contributed by atoms with Crippen LogP contribution in [-0.4, -0.2) is 21.0 Å². The van der Waals surface area contributed by atoms with Gasteiger partial charge in [0.2, 0.25) is 0 Å². The molecule has 0 saturated carbocycles. The summed E-state index contributed by atoms with van der Waals surface area (Å²) >= 11 is 1.79. The van der Waals surface area contributed by atoms with E-state index in [1.165, 1.54) is 27.0 Å². The Hall–Kier alpha value is -4.64. The summed E-state index contributed by atoms with van der Waals surface area (Å²) in [6.07, 6.45) is 1.93. The van der Waals surface area contributed by atoms with Crippen LogP contribution in [0.25, 0.3) is 27.6 Å². The summed E-state index contributed by atoms with van der Waals surface area (Å²) in [4.78, 5) is 15.0. The standard InChI is InChI=1S/C48H42N4OS.Pt/c1-29-23-30(44-50-47(7)36-17-11-10-16-35(36)46(5,6)48(47,8)53-44)25-32(24-29)51-38-19-13-14-20-41(38)54-42-27-34-33-15-9-12-18-37(33)52(39(34)28-40(42)51)43-26-31(21-22-49-43)45(2,3)4;/h9-24,26-27H,1-8H3;/q-2;+2/t47-,48+;/m1./s1. The van der Waals surface area contributed by atoms with Gasteiger partial charge in [-0.15, -0.1) is 41.3 Å². The molecule has 7 aromatic rings. The van der Waals surface area contributed by atoms with E-state index < -0.39 is 11.1 Å². The van der Waals surface area contributed by atoms with Crippen LogP contribution in [0.3, 0.4) is 0 Å². The zero-order valence-electron chi connectivity index (χ0n) is 32.3. The van der Waals surface area contributed by atoms with Crippen molar-refractivity contribution >= 4 is 56.5 Å². The van der Waals surface area contributed by atoms with Gasteiger partial charge < -0.3 is 14.2 Å². The largest absolute Gasteiger partial charge is 2.00 e. The Morgan fingerprint density at radius 3 is 2.29 bits per heavy atom. The Morgan fingerprint density at radius 1 is 0.764 bits per heavy atom. The van der Waals surface area contributed by atoms with Crippen LogP contribution in [0.1, 0.15) is 76.3 Å². The van der Waals surface area contributed by atoms with Gasteiger partial charge in [0.05, 0.1) is 5.69 Å². The minimum Gasteiger partial charge on any atom is -0.510 e. The van der Waals surface area contributed by atoms with Crippen LogP contribution >= 0.6 is 11.8 Å². The van der Waals surface area contributed by atoms with Crippen molar-refractivity contribution < 1.29 is 25.8 Å². The van der Waals surface area contributed by atoms with E-state index in [-0.39, 0.29) is 31.9 Å². The monoisotopic (exact) mass is 917 g/mol. The van der Waals surface area contributed by atoms with E-state index in [2.05, 4.69) is 180 Å². The van der Waals surface area contributed by atoms with Gasteiger partial charge in [-0.2, -0.15) is 11.8 Å². The van der Waals surface area contributed by atoms with Crippen molar-refractivity contribution in [2.24, 2.45) is 4.99 Å². The fourth-order valence-electron chi connectivity index (χ4n) is 9.05. The molecule has 5 aromatic carbocycles. The van der Waals surface area contributed by atoms with Crippen LogP contribution < -0.4 is 4.90 Å². The molecule has 3 aliphatic rings. The summed E-state index contributed by atoms with van der Waals surface area (Å²) < 4.78 is 9.34. The zero-order chi connectivity index (χ0) is 37.4. The summed E-state index contributed by atoms with van der Waals surface area (Å²) in [7, 11) is 0. The third-order valence-electron chi connectivity index (χ3n) is 12.4. The molecular formula is C48H42N4OPtS. The zero-order valence-corrected chi connectivity index (χ0v) is 35.4. The Bertz CT molecular complexity index is 2760. The van der Waals surface area contributed by atoms with Crippen molar-refractivity contribution in [2.75, 3.05) is 4.90 Å². The second-order valence-electron chi connectivity index (χ2n) is 16.9. The number of anilines is 3. The maximum atomic E-state index is 7.06. The van der Waals surface area contributed by atoms with Gasteiger partial charge in [0, 0.05) is 22.0 Å². The van der Waals surface area contributed by atoms with Crippen molar-refractivity contribution in [1.29, 1.82) is 0 Å². The third kappa shape index (κ3) is 5.03. The molecule has 10 rings (SSSR count). The second kappa shape index (κ2) is 12.2. The average molecular weight is 918 g/mol. The Labute approximate surface area is 342 Å². The summed E-state index contributed by atoms with van der Waals surface area (Å²) in [5.74, 6) is 1.52. The first-order valence-corrected chi connectivity index (χ1v) is 19.6. The maximum Gasteiger partial charge on any atom is 2.00 e. The van der Waals surface area contributed by atoms with Gasteiger partial charge in [0.1, 0.15) is 22.9 Å². The molecule has 0 bridgehead atoms. The predicted octanol–water partition coefficient (Wildman–Crippen LogP) is 12.1. The van der Waals surface area contributed by atoms with Gasteiger partial charge in [0.15, 0.2) is 0 Å². The van der Waals surface area contributed by atoms with Crippen molar-refractivity contribution in [2.45, 2.75) is 87.2 Å². The number of aromatic nitrogens is 2. The van der Waals surface area contributed by atoms with Crippen molar-refractivity contribution in [3.05, 3.63) is 149 Å². The molecule has 2 aromatic heterocycles. The minimum absolute atomic E-state index is 0. The molecule has 0 spiro atoms. The molecule has 0 unspecified atom stereocenters. The summed E-state index contributed by atoms with van der Waals surface area (Å²) in [5, 5.41) is 2.33. The van der Waals surface area contributed by atoms with E-state index in [0.29, 0.717) is 5.90 Å². The summed E-state index contributed by atoms with van der Waals surface area (Å²) in [6, 6.07) is 44.8. The minimum atomic E-state index is -0.567. The number of hydrogen-bond donors (Lipinski definition) is 0. The van der Waals surface area contributed by atoms with Crippen LogP contribution in [0.15, 0.2) is 124 Å². The number of pyridine rings is 1. The number of fused-ring (bicyclic) bond motifs is 8. The number of hydrogen-bond acceptors (Lipinski definition) is 5. The molecule has 276 valence electrons. The van der Waals surface area contributed by atoms with Gasteiger partial charge in [0.25, 0.3) is 0 Å². The quantitative estimate of drug-likeness (QED) is 0.166. The predicted molar refractivity (Wildman–Crippen MR) is 221 cm³/mol. The first-order chi connectivity index (χ1) is 25.8. The van der Waals surface area contributed by atoms with Crippen LogP contribution in [0.2, 0.25) is 0 Å². The van der Waals surface area contributed by atoms with E-state index in [9.17, 15) is 0 Å². The van der Waals surface area contributed by atoms with E-state index in [1.54, 1.807) is 11.8 Å². The number of benzene rings is 5. The number of rotatable bonds is 3. The number of para-hydroxylation sites is 2. The third-order valence-corrected chi connectivity index (χ3v) is 13.5.